The summed E-state index contributed by atoms with van der Waals surface area (Å²) in [6, 6.07) is 0. The van der Waals surface area contributed by atoms with Crippen molar-refractivity contribution < 1.29 is 24.6 Å². The Bertz CT molecular complexity index is 134. The largest absolute Gasteiger partial charge is 0.684 e. The van der Waals surface area contributed by atoms with Gasteiger partial charge in [-0.15, -0.1) is 7.94 Å². The third-order valence-electron chi connectivity index (χ3n) is 0.400. The summed E-state index contributed by atoms with van der Waals surface area (Å²) in [6.45, 7) is 0. The van der Waals surface area contributed by atoms with Gasteiger partial charge in [0.1, 0.15) is 0 Å². The second kappa shape index (κ2) is 2.89. The van der Waals surface area contributed by atoms with Crippen molar-refractivity contribution in [1.29, 1.82) is 0 Å². The molecule has 0 amide bonds. The third kappa shape index (κ3) is 7.52. The number of aliphatic carboxylic acids is 1. The maximum atomic E-state index is 9.66. The van der Waals surface area contributed by atoms with Gasteiger partial charge in [-0.1, -0.05) is 0 Å². The van der Waals surface area contributed by atoms with Gasteiger partial charge >= 0.3 is 5.97 Å². The SMILES string of the molecule is O=C(O)/C=C/[P+]([O-])([O-])[O-]. The highest BCUT2D eigenvalue weighted by molar-refractivity contribution is 7.57. The summed E-state index contributed by atoms with van der Waals surface area (Å²) in [6.07, 6.45) is 0.279. The van der Waals surface area contributed by atoms with Crippen molar-refractivity contribution >= 4 is 13.9 Å². The van der Waals surface area contributed by atoms with Crippen molar-refractivity contribution in [2.75, 3.05) is 0 Å². The summed E-state index contributed by atoms with van der Waals surface area (Å²) < 4.78 is 0. The monoisotopic (exact) mass is 150 g/mol. The Labute approximate surface area is 51.5 Å². The minimum Gasteiger partial charge on any atom is -0.684 e. The molecule has 0 spiro atoms. The number of hydrogen-bond donors (Lipinski definition) is 1. The van der Waals surface area contributed by atoms with Crippen LogP contribution < -0.4 is 14.7 Å². The highest BCUT2D eigenvalue weighted by Crippen LogP contribution is 2.28. The molecule has 0 rings (SSSR count). The number of rotatable bonds is 2. The summed E-state index contributed by atoms with van der Waals surface area (Å²) in [4.78, 5) is 38.5. The van der Waals surface area contributed by atoms with Crippen molar-refractivity contribution in [3.63, 3.8) is 0 Å². The molecule has 1 N–H and O–H groups in total. The van der Waals surface area contributed by atoms with Crippen molar-refractivity contribution in [2.45, 2.75) is 0 Å². The summed E-state index contributed by atoms with van der Waals surface area (Å²) >= 11 is 0. The second-order valence-corrected chi connectivity index (χ2v) is 2.57. The van der Waals surface area contributed by atoms with Crippen LogP contribution in [0.5, 0.6) is 0 Å². The lowest BCUT2D eigenvalue weighted by Gasteiger charge is -2.37. The van der Waals surface area contributed by atoms with Crippen LogP contribution in [0, 0.1) is 0 Å². The summed E-state index contributed by atoms with van der Waals surface area (Å²) in [7, 11) is -4.78. The molecule has 0 aromatic rings. The summed E-state index contributed by atoms with van der Waals surface area (Å²) in [5.41, 5.74) is 0. The van der Waals surface area contributed by atoms with E-state index in [0.717, 1.165) is 0 Å². The van der Waals surface area contributed by atoms with Crippen LogP contribution in [0.25, 0.3) is 0 Å². The molecule has 0 radical (unpaired) electrons. The molecule has 0 saturated heterocycles. The first-order valence-electron chi connectivity index (χ1n) is 1.86. The molecule has 0 unspecified atom stereocenters. The molecule has 0 aliphatic rings. The number of carboxylic acids is 1. The van der Waals surface area contributed by atoms with E-state index in [1.54, 1.807) is 0 Å². The van der Waals surface area contributed by atoms with Gasteiger partial charge in [0.25, 0.3) is 0 Å². The van der Waals surface area contributed by atoms with E-state index in [-0.39, 0.29) is 11.9 Å². The predicted molar refractivity (Wildman–Crippen MR) is 23.7 cm³/mol. The lowest BCUT2D eigenvalue weighted by atomic mass is 10.7. The Hall–Kier alpha value is -0.480. The van der Waals surface area contributed by atoms with Crippen LogP contribution >= 0.6 is 7.94 Å². The van der Waals surface area contributed by atoms with E-state index in [2.05, 4.69) is 0 Å². The Morgan fingerprint density at radius 3 is 2.00 bits per heavy atom. The molecule has 6 heteroatoms. The van der Waals surface area contributed by atoms with E-state index in [0.29, 0.717) is 0 Å². The molecule has 0 heterocycles. The molecule has 0 aromatic carbocycles. The minimum atomic E-state index is -4.78. The summed E-state index contributed by atoms with van der Waals surface area (Å²) in [5.74, 6) is -1.35. The standard InChI is InChI=1S/C3H5O5P/c4-3(5)1-2-9(6,7)8/h1-2H,(H,4,5)(H2,6,7,8)/p-2/b2-1+. The van der Waals surface area contributed by atoms with Gasteiger partial charge in [-0.3, -0.25) is 0 Å². The van der Waals surface area contributed by atoms with E-state index >= 15 is 0 Å². The molecule has 0 aliphatic carbocycles. The number of carbonyl (C=O) groups is 1. The second-order valence-electron chi connectivity index (χ2n) is 1.19. The molecule has 0 aromatic heterocycles. The lowest BCUT2D eigenvalue weighted by molar-refractivity contribution is -0.422. The van der Waals surface area contributed by atoms with Gasteiger partial charge in [-0.2, -0.15) is 0 Å². The number of hydrogen-bond acceptors (Lipinski definition) is 4. The Morgan fingerprint density at radius 2 is 1.89 bits per heavy atom. The molecular weight excluding hydrogens is 147 g/mol. The zero-order chi connectivity index (χ0) is 7.49. The quantitative estimate of drug-likeness (QED) is 0.344. The summed E-state index contributed by atoms with van der Waals surface area (Å²) in [5, 5.41) is 7.79. The van der Waals surface area contributed by atoms with E-state index in [9.17, 15) is 19.5 Å². The van der Waals surface area contributed by atoms with Crippen molar-refractivity contribution in [2.24, 2.45) is 0 Å². The smallest absolute Gasteiger partial charge is 0.331 e. The van der Waals surface area contributed by atoms with Crippen molar-refractivity contribution in [3.05, 3.63) is 11.9 Å². The topological polar surface area (TPSA) is 106 Å². The van der Waals surface area contributed by atoms with Crippen LogP contribution in [0.3, 0.4) is 0 Å². The fourth-order valence-electron chi connectivity index (χ4n) is 0.155. The Kier molecular flexibility index (Phi) is 2.73. The van der Waals surface area contributed by atoms with Gasteiger partial charge in [0.2, 0.25) is 0 Å². The van der Waals surface area contributed by atoms with Crippen molar-refractivity contribution in [1.82, 2.24) is 0 Å². The normalized spacial score (nSPS) is 12.3. The highest BCUT2D eigenvalue weighted by atomic mass is 31.2. The molecule has 0 bridgehead atoms. The molecule has 52 valence electrons. The van der Waals surface area contributed by atoms with Gasteiger partial charge in [-0.05, 0) is 0 Å². The first kappa shape index (κ1) is 8.52. The molecular formula is C3H3O5P-2. The maximum Gasteiger partial charge on any atom is 0.331 e. The van der Waals surface area contributed by atoms with Gasteiger partial charge in [0.15, 0.2) is 0 Å². The third-order valence-corrected chi connectivity index (χ3v) is 0.914. The van der Waals surface area contributed by atoms with Crippen LogP contribution in [0.2, 0.25) is 0 Å². The molecule has 0 fully saturated rings. The van der Waals surface area contributed by atoms with E-state index < -0.39 is 13.9 Å². The minimum absolute atomic E-state index is 0.106. The van der Waals surface area contributed by atoms with Gasteiger partial charge in [0, 0.05) is 5.82 Å². The van der Waals surface area contributed by atoms with Crippen LogP contribution in [0.4, 0.5) is 0 Å². The number of carboxylic acid groups (broad SMARTS) is 1. The average Bonchev–Trinajstić information content (AvgIpc) is 1.59. The fourth-order valence-corrected chi connectivity index (χ4v) is 0.465. The fraction of sp³-hybridized carbons (Fsp3) is 0. The molecule has 0 aliphatic heterocycles. The average molecular weight is 150 g/mol. The maximum absolute atomic E-state index is 9.66. The van der Waals surface area contributed by atoms with Gasteiger partial charge in [0.05, 0.1) is 6.08 Å². The highest BCUT2D eigenvalue weighted by Gasteiger charge is 1.90. The van der Waals surface area contributed by atoms with E-state index in [1.807, 2.05) is 0 Å². The van der Waals surface area contributed by atoms with E-state index in [1.165, 1.54) is 0 Å². The first-order valence-corrected chi connectivity index (χ1v) is 3.47. The molecule has 5 nitrogen and oxygen atoms in total. The lowest BCUT2D eigenvalue weighted by Crippen LogP contribution is -2.30. The van der Waals surface area contributed by atoms with Crippen LogP contribution in [0.1, 0.15) is 0 Å². The van der Waals surface area contributed by atoms with E-state index in [4.69, 9.17) is 5.11 Å². The van der Waals surface area contributed by atoms with Crippen molar-refractivity contribution in [3.8, 4) is 0 Å². The molecule has 9 heavy (non-hydrogen) atoms. The molecule has 0 saturated carbocycles. The van der Waals surface area contributed by atoms with Crippen LogP contribution in [0.15, 0.2) is 11.9 Å². The van der Waals surface area contributed by atoms with Gasteiger partial charge < -0.3 is 19.8 Å². The zero-order valence-electron chi connectivity index (χ0n) is 4.18. The van der Waals surface area contributed by atoms with Gasteiger partial charge in [-0.25, -0.2) is 4.79 Å². The first-order chi connectivity index (χ1) is 3.92. The van der Waals surface area contributed by atoms with Crippen LogP contribution in [-0.2, 0) is 4.79 Å². The predicted octanol–water partition coefficient (Wildman–Crippen LogP) is -2.57. The zero-order valence-corrected chi connectivity index (χ0v) is 5.08. The van der Waals surface area contributed by atoms with Crippen LogP contribution in [-0.4, -0.2) is 11.1 Å². The molecule has 0 atom stereocenters. The Morgan fingerprint density at radius 1 is 1.44 bits per heavy atom. The Balaban J connectivity index is 3.86.